The quantitative estimate of drug-likeness (QED) is 0.661. The zero-order chi connectivity index (χ0) is 11.8. The fourth-order valence-electron chi connectivity index (χ4n) is 2.16. The Bertz CT molecular complexity index is 169. The number of hydrogen-bond acceptors (Lipinski definition) is 3. The summed E-state index contributed by atoms with van der Waals surface area (Å²) in [6.07, 6.45) is 5.38. The van der Waals surface area contributed by atoms with Gasteiger partial charge >= 0.3 is 0 Å². The van der Waals surface area contributed by atoms with Crippen LogP contribution in [0.15, 0.2) is 0 Å². The molecule has 96 valence electrons. The average molecular weight is 244 g/mol. The van der Waals surface area contributed by atoms with E-state index in [4.69, 9.17) is 0 Å². The lowest BCUT2D eigenvalue weighted by molar-refractivity contribution is 0.195. The summed E-state index contributed by atoms with van der Waals surface area (Å²) in [7, 11) is 2.29. The number of rotatable bonds is 8. The van der Waals surface area contributed by atoms with E-state index in [0.29, 0.717) is 6.04 Å². The molecule has 0 spiro atoms. The predicted octanol–water partition coefficient (Wildman–Crippen LogP) is 2.59. The second-order valence-electron chi connectivity index (χ2n) is 4.94. The molecular weight excluding hydrogens is 216 g/mol. The van der Waals surface area contributed by atoms with E-state index in [1.54, 1.807) is 0 Å². The van der Waals surface area contributed by atoms with E-state index in [1.807, 2.05) is 0 Å². The molecule has 0 aromatic carbocycles. The van der Waals surface area contributed by atoms with E-state index in [-0.39, 0.29) is 0 Å². The number of nitrogens with zero attached hydrogens (tertiary/aromatic N) is 1. The Hall–Kier alpha value is 0.270. The lowest BCUT2D eigenvalue weighted by atomic mass is 10.2. The van der Waals surface area contributed by atoms with Crippen molar-refractivity contribution >= 4 is 11.8 Å². The molecule has 1 fully saturated rings. The van der Waals surface area contributed by atoms with Crippen molar-refractivity contribution in [3.63, 3.8) is 0 Å². The van der Waals surface area contributed by atoms with Gasteiger partial charge in [-0.3, -0.25) is 4.90 Å². The minimum atomic E-state index is 0.672. The third-order valence-corrected chi connectivity index (χ3v) is 4.72. The average Bonchev–Trinajstić information content (AvgIpc) is 2.81. The minimum absolute atomic E-state index is 0.672. The summed E-state index contributed by atoms with van der Waals surface area (Å²) in [6.45, 7) is 6.93. The summed E-state index contributed by atoms with van der Waals surface area (Å²) in [5.74, 6) is 2.68. The highest BCUT2D eigenvalue weighted by Gasteiger charge is 2.23. The summed E-state index contributed by atoms with van der Waals surface area (Å²) in [4.78, 5) is 2.56. The van der Waals surface area contributed by atoms with Gasteiger partial charge in [-0.15, -0.1) is 0 Å². The Kier molecular flexibility index (Phi) is 7.50. The van der Waals surface area contributed by atoms with Crippen molar-refractivity contribution in [2.24, 2.45) is 0 Å². The Morgan fingerprint density at radius 1 is 1.44 bits per heavy atom. The van der Waals surface area contributed by atoms with Crippen molar-refractivity contribution < 1.29 is 0 Å². The van der Waals surface area contributed by atoms with Gasteiger partial charge in [-0.2, -0.15) is 11.8 Å². The molecule has 0 bridgehead atoms. The minimum Gasteiger partial charge on any atom is -0.315 e. The second-order valence-corrected chi connectivity index (χ2v) is 6.09. The number of thioether (sulfide) groups is 1. The third kappa shape index (κ3) is 5.07. The Labute approximate surface area is 106 Å². The summed E-state index contributed by atoms with van der Waals surface area (Å²) in [5.41, 5.74) is 0. The Morgan fingerprint density at radius 3 is 2.88 bits per heavy atom. The number of nitrogens with one attached hydrogen (secondary N) is 1. The van der Waals surface area contributed by atoms with E-state index < -0.39 is 0 Å². The van der Waals surface area contributed by atoms with Crippen LogP contribution in [0.3, 0.4) is 0 Å². The largest absolute Gasteiger partial charge is 0.315 e. The molecule has 1 aliphatic heterocycles. The van der Waals surface area contributed by atoms with Crippen LogP contribution in [0.2, 0.25) is 0 Å². The maximum atomic E-state index is 3.58. The monoisotopic (exact) mass is 244 g/mol. The van der Waals surface area contributed by atoms with Crippen LogP contribution in [0.1, 0.15) is 39.5 Å². The molecule has 3 heteroatoms. The lowest BCUT2D eigenvalue weighted by Gasteiger charge is -2.30. The van der Waals surface area contributed by atoms with Crippen LogP contribution in [0.5, 0.6) is 0 Å². The smallest absolute Gasteiger partial charge is 0.0194 e. The first-order valence-electron chi connectivity index (χ1n) is 6.76. The number of likely N-dealkylation sites (N-methyl/N-ethyl adjacent to an activating group) is 1. The maximum absolute atomic E-state index is 3.58. The van der Waals surface area contributed by atoms with Gasteiger partial charge in [-0.05, 0) is 39.1 Å². The predicted molar refractivity (Wildman–Crippen MR) is 75.3 cm³/mol. The van der Waals surface area contributed by atoms with Crippen molar-refractivity contribution in [1.29, 1.82) is 0 Å². The summed E-state index contributed by atoms with van der Waals surface area (Å²) in [6, 6.07) is 1.49. The van der Waals surface area contributed by atoms with Gasteiger partial charge in [0.15, 0.2) is 0 Å². The molecular formula is C13H28N2S. The summed E-state index contributed by atoms with van der Waals surface area (Å²) >= 11 is 2.10. The highest BCUT2D eigenvalue weighted by atomic mass is 32.2. The molecule has 0 aliphatic carbocycles. The summed E-state index contributed by atoms with van der Waals surface area (Å²) < 4.78 is 0. The molecule has 0 radical (unpaired) electrons. The van der Waals surface area contributed by atoms with Gasteiger partial charge in [0, 0.05) is 24.4 Å². The molecule has 1 heterocycles. The number of unbranched alkanes of at least 4 members (excludes halogenated alkanes) is 2. The molecule has 0 aromatic heterocycles. The molecule has 0 saturated carbocycles. The molecule has 0 aromatic rings. The standard InChI is InChI=1S/C13H28N2S/c1-4-5-6-8-14-10-12(2)15(3)13-7-9-16-11-13/h12-14H,4-11H2,1-3H3. The maximum Gasteiger partial charge on any atom is 0.0194 e. The molecule has 1 saturated heterocycles. The highest BCUT2D eigenvalue weighted by Crippen LogP contribution is 2.22. The van der Waals surface area contributed by atoms with Crippen molar-refractivity contribution in [3.05, 3.63) is 0 Å². The zero-order valence-corrected chi connectivity index (χ0v) is 12.0. The third-order valence-electron chi connectivity index (χ3n) is 3.57. The second kappa shape index (κ2) is 8.37. The fraction of sp³-hybridized carbons (Fsp3) is 1.00. The van der Waals surface area contributed by atoms with Crippen molar-refractivity contribution in [1.82, 2.24) is 10.2 Å². The van der Waals surface area contributed by atoms with Gasteiger partial charge < -0.3 is 5.32 Å². The molecule has 1 rings (SSSR count). The lowest BCUT2D eigenvalue weighted by Crippen LogP contribution is -2.44. The van der Waals surface area contributed by atoms with Gasteiger partial charge in [0.1, 0.15) is 0 Å². The van der Waals surface area contributed by atoms with Crippen LogP contribution in [0.25, 0.3) is 0 Å². The van der Waals surface area contributed by atoms with Crippen LogP contribution in [0.4, 0.5) is 0 Å². The van der Waals surface area contributed by atoms with Crippen LogP contribution in [-0.4, -0.2) is 48.6 Å². The first-order chi connectivity index (χ1) is 7.75. The molecule has 1 aliphatic rings. The van der Waals surface area contributed by atoms with Gasteiger partial charge in [0.2, 0.25) is 0 Å². The molecule has 2 atom stereocenters. The van der Waals surface area contributed by atoms with E-state index in [9.17, 15) is 0 Å². The van der Waals surface area contributed by atoms with E-state index in [0.717, 1.165) is 12.6 Å². The van der Waals surface area contributed by atoms with Crippen LogP contribution in [-0.2, 0) is 0 Å². The van der Waals surface area contributed by atoms with E-state index in [2.05, 4.69) is 42.9 Å². The molecule has 2 unspecified atom stereocenters. The van der Waals surface area contributed by atoms with Gasteiger partial charge in [0.05, 0.1) is 0 Å². The molecule has 2 nitrogen and oxygen atoms in total. The normalized spacial score (nSPS) is 22.9. The molecule has 16 heavy (non-hydrogen) atoms. The molecule has 0 amide bonds. The van der Waals surface area contributed by atoms with Crippen LogP contribution in [0, 0.1) is 0 Å². The first-order valence-corrected chi connectivity index (χ1v) is 7.91. The fourth-order valence-corrected chi connectivity index (χ4v) is 3.44. The highest BCUT2D eigenvalue weighted by molar-refractivity contribution is 7.99. The van der Waals surface area contributed by atoms with Crippen molar-refractivity contribution in [3.8, 4) is 0 Å². The van der Waals surface area contributed by atoms with Crippen molar-refractivity contribution in [2.75, 3.05) is 31.6 Å². The number of hydrogen-bond donors (Lipinski definition) is 1. The first kappa shape index (κ1) is 14.3. The van der Waals surface area contributed by atoms with Gasteiger partial charge in [0.25, 0.3) is 0 Å². The topological polar surface area (TPSA) is 15.3 Å². The van der Waals surface area contributed by atoms with Crippen LogP contribution >= 0.6 is 11.8 Å². The Balaban J connectivity index is 2.06. The SMILES string of the molecule is CCCCCNCC(C)N(C)C1CCSC1. The van der Waals surface area contributed by atoms with E-state index in [1.165, 1.54) is 43.7 Å². The molecule has 1 N–H and O–H groups in total. The van der Waals surface area contributed by atoms with Crippen molar-refractivity contribution in [2.45, 2.75) is 51.6 Å². The van der Waals surface area contributed by atoms with Crippen LogP contribution < -0.4 is 5.32 Å². The summed E-state index contributed by atoms with van der Waals surface area (Å²) in [5, 5.41) is 3.58. The Morgan fingerprint density at radius 2 is 2.25 bits per heavy atom. The van der Waals surface area contributed by atoms with Gasteiger partial charge in [-0.25, -0.2) is 0 Å². The van der Waals surface area contributed by atoms with Gasteiger partial charge in [-0.1, -0.05) is 19.8 Å². The van der Waals surface area contributed by atoms with E-state index >= 15 is 0 Å². The zero-order valence-electron chi connectivity index (χ0n) is 11.2.